The minimum absolute atomic E-state index is 0.0583. The molecule has 0 heterocycles. The van der Waals surface area contributed by atoms with Crippen LogP contribution in [0.5, 0.6) is 5.75 Å². The van der Waals surface area contributed by atoms with Crippen molar-refractivity contribution < 1.29 is 9.53 Å². The zero-order chi connectivity index (χ0) is 14.7. The summed E-state index contributed by atoms with van der Waals surface area (Å²) < 4.78 is 5.50. The van der Waals surface area contributed by atoms with E-state index >= 15 is 0 Å². The highest BCUT2D eigenvalue weighted by atomic mass is 16.5. The Bertz CT molecular complexity index is 622. The number of ketones is 1. The highest BCUT2D eigenvalue weighted by molar-refractivity contribution is 6.09. The van der Waals surface area contributed by atoms with Gasteiger partial charge in [-0.15, -0.1) is 0 Å². The van der Waals surface area contributed by atoms with E-state index in [4.69, 9.17) is 4.74 Å². The lowest BCUT2D eigenvalue weighted by molar-refractivity contribution is 0.103. The molecule has 2 aromatic rings. The van der Waals surface area contributed by atoms with Crippen LogP contribution in [0.15, 0.2) is 36.4 Å². The van der Waals surface area contributed by atoms with Crippen molar-refractivity contribution in [2.24, 2.45) is 0 Å². The first-order valence-electron chi connectivity index (χ1n) is 6.87. The number of hydrogen-bond donors (Lipinski definition) is 0. The molecule has 2 nitrogen and oxygen atoms in total. The van der Waals surface area contributed by atoms with Crippen LogP contribution in [0.1, 0.15) is 39.5 Å². The minimum Gasteiger partial charge on any atom is -0.494 e. The average Bonchev–Trinajstić information content (AvgIpc) is 2.39. The van der Waals surface area contributed by atoms with Gasteiger partial charge < -0.3 is 4.74 Å². The third-order valence-corrected chi connectivity index (χ3v) is 3.22. The van der Waals surface area contributed by atoms with Gasteiger partial charge in [-0.25, -0.2) is 0 Å². The summed E-state index contributed by atoms with van der Waals surface area (Å²) in [5.41, 5.74) is 4.65. The van der Waals surface area contributed by atoms with E-state index in [0.29, 0.717) is 12.2 Å². The third-order valence-electron chi connectivity index (χ3n) is 3.22. The fourth-order valence-electron chi connectivity index (χ4n) is 2.38. The van der Waals surface area contributed by atoms with Crippen molar-refractivity contribution in [2.75, 3.05) is 6.61 Å². The van der Waals surface area contributed by atoms with E-state index < -0.39 is 0 Å². The average molecular weight is 268 g/mol. The molecule has 0 saturated carbocycles. The van der Waals surface area contributed by atoms with Gasteiger partial charge >= 0.3 is 0 Å². The topological polar surface area (TPSA) is 26.3 Å². The van der Waals surface area contributed by atoms with E-state index in [1.54, 1.807) is 0 Å². The van der Waals surface area contributed by atoms with Crippen LogP contribution in [-0.2, 0) is 0 Å². The van der Waals surface area contributed by atoms with Crippen LogP contribution < -0.4 is 4.74 Å². The first-order valence-corrected chi connectivity index (χ1v) is 6.87. The predicted molar refractivity (Wildman–Crippen MR) is 81.7 cm³/mol. The molecular formula is C18H20O2. The van der Waals surface area contributed by atoms with Crippen LogP contribution in [0, 0.1) is 20.8 Å². The molecule has 0 N–H and O–H groups in total. The molecule has 0 aliphatic carbocycles. The standard InChI is InChI=1S/C18H20O2/c1-5-20-17-7-6-15(11-14(17)4)18(19)16-9-12(2)8-13(3)10-16/h6-11H,5H2,1-4H3. The molecule has 2 heteroatoms. The van der Waals surface area contributed by atoms with E-state index in [1.807, 2.05) is 58.0 Å². The number of aryl methyl sites for hydroxylation is 3. The molecule has 0 unspecified atom stereocenters. The van der Waals surface area contributed by atoms with Gasteiger partial charge in [0.25, 0.3) is 0 Å². The third kappa shape index (κ3) is 3.08. The normalized spacial score (nSPS) is 10.4. The fraction of sp³-hybridized carbons (Fsp3) is 0.278. The highest BCUT2D eigenvalue weighted by Gasteiger charge is 2.11. The summed E-state index contributed by atoms with van der Waals surface area (Å²) in [6, 6.07) is 11.5. The zero-order valence-corrected chi connectivity index (χ0v) is 12.5. The molecule has 104 valence electrons. The number of benzene rings is 2. The maximum absolute atomic E-state index is 12.5. The number of rotatable bonds is 4. The Hall–Kier alpha value is -2.09. The number of carbonyl (C=O) groups excluding carboxylic acids is 1. The lowest BCUT2D eigenvalue weighted by Crippen LogP contribution is -2.03. The van der Waals surface area contributed by atoms with Crippen LogP contribution in [-0.4, -0.2) is 12.4 Å². The maximum atomic E-state index is 12.5. The van der Waals surface area contributed by atoms with E-state index in [1.165, 1.54) is 0 Å². The van der Waals surface area contributed by atoms with Crippen molar-refractivity contribution in [3.05, 3.63) is 64.2 Å². The Morgan fingerprint density at radius 1 is 0.950 bits per heavy atom. The highest BCUT2D eigenvalue weighted by Crippen LogP contribution is 2.21. The zero-order valence-electron chi connectivity index (χ0n) is 12.5. The first-order chi connectivity index (χ1) is 9.51. The lowest BCUT2D eigenvalue weighted by atomic mass is 9.98. The second-order valence-electron chi connectivity index (χ2n) is 5.12. The Kier molecular flexibility index (Phi) is 4.23. The molecule has 2 aromatic carbocycles. The summed E-state index contributed by atoms with van der Waals surface area (Å²) >= 11 is 0. The van der Waals surface area contributed by atoms with Crippen molar-refractivity contribution in [3.8, 4) is 5.75 Å². The minimum atomic E-state index is 0.0583. The molecule has 0 atom stereocenters. The molecule has 0 aliphatic heterocycles. The molecule has 0 bridgehead atoms. The Morgan fingerprint density at radius 2 is 1.60 bits per heavy atom. The van der Waals surface area contributed by atoms with Gasteiger partial charge in [0.15, 0.2) is 5.78 Å². The monoisotopic (exact) mass is 268 g/mol. The molecular weight excluding hydrogens is 248 g/mol. The van der Waals surface area contributed by atoms with Gasteiger partial charge in [-0.05, 0) is 63.6 Å². The second kappa shape index (κ2) is 5.91. The molecule has 20 heavy (non-hydrogen) atoms. The Morgan fingerprint density at radius 3 is 2.15 bits per heavy atom. The van der Waals surface area contributed by atoms with Crippen LogP contribution in [0.4, 0.5) is 0 Å². The van der Waals surface area contributed by atoms with Crippen LogP contribution in [0.3, 0.4) is 0 Å². The van der Waals surface area contributed by atoms with E-state index in [2.05, 4.69) is 6.07 Å². The van der Waals surface area contributed by atoms with Crippen LogP contribution in [0.25, 0.3) is 0 Å². The maximum Gasteiger partial charge on any atom is 0.193 e. The van der Waals surface area contributed by atoms with Gasteiger partial charge in [-0.3, -0.25) is 4.79 Å². The second-order valence-corrected chi connectivity index (χ2v) is 5.12. The molecule has 2 rings (SSSR count). The quantitative estimate of drug-likeness (QED) is 0.775. The summed E-state index contributed by atoms with van der Waals surface area (Å²) in [4.78, 5) is 12.5. The van der Waals surface area contributed by atoms with Crippen molar-refractivity contribution in [1.29, 1.82) is 0 Å². The van der Waals surface area contributed by atoms with Crippen molar-refractivity contribution >= 4 is 5.78 Å². The van der Waals surface area contributed by atoms with Gasteiger partial charge in [-0.1, -0.05) is 17.2 Å². The van der Waals surface area contributed by atoms with Crippen LogP contribution in [0.2, 0.25) is 0 Å². The predicted octanol–water partition coefficient (Wildman–Crippen LogP) is 4.24. The van der Waals surface area contributed by atoms with Gasteiger partial charge in [-0.2, -0.15) is 0 Å². The van der Waals surface area contributed by atoms with E-state index in [-0.39, 0.29) is 5.78 Å². The SMILES string of the molecule is CCOc1ccc(C(=O)c2cc(C)cc(C)c2)cc1C. The van der Waals surface area contributed by atoms with Crippen molar-refractivity contribution in [3.63, 3.8) is 0 Å². The Labute approximate surface area is 120 Å². The molecule has 0 aliphatic rings. The summed E-state index contributed by atoms with van der Waals surface area (Å²) in [7, 11) is 0. The molecule has 0 aromatic heterocycles. The number of carbonyl (C=O) groups is 1. The smallest absolute Gasteiger partial charge is 0.193 e. The summed E-state index contributed by atoms with van der Waals surface area (Å²) in [6.45, 7) is 8.56. The summed E-state index contributed by atoms with van der Waals surface area (Å²) in [5, 5.41) is 0. The molecule has 0 saturated heterocycles. The van der Waals surface area contributed by atoms with Gasteiger partial charge in [0.05, 0.1) is 6.61 Å². The van der Waals surface area contributed by atoms with Crippen molar-refractivity contribution in [1.82, 2.24) is 0 Å². The van der Waals surface area contributed by atoms with E-state index in [0.717, 1.165) is 28.0 Å². The molecule has 0 spiro atoms. The fourth-order valence-corrected chi connectivity index (χ4v) is 2.38. The first kappa shape index (κ1) is 14.3. The molecule has 0 amide bonds. The van der Waals surface area contributed by atoms with Crippen LogP contribution >= 0.6 is 0 Å². The number of hydrogen-bond acceptors (Lipinski definition) is 2. The van der Waals surface area contributed by atoms with Gasteiger partial charge in [0, 0.05) is 11.1 Å². The summed E-state index contributed by atoms with van der Waals surface area (Å²) in [6.07, 6.45) is 0. The Balaban J connectivity index is 2.36. The largest absolute Gasteiger partial charge is 0.494 e. The molecule has 0 radical (unpaired) electrons. The van der Waals surface area contributed by atoms with E-state index in [9.17, 15) is 4.79 Å². The van der Waals surface area contributed by atoms with Gasteiger partial charge in [0.1, 0.15) is 5.75 Å². The van der Waals surface area contributed by atoms with Crippen molar-refractivity contribution in [2.45, 2.75) is 27.7 Å². The molecule has 0 fully saturated rings. The van der Waals surface area contributed by atoms with Gasteiger partial charge in [0.2, 0.25) is 0 Å². The summed E-state index contributed by atoms with van der Waals surface area (Å²) in [5.74, 6) is 0.896. The lowest BCUT2D eigenvalue weighted by Gasteiger charge is -2.09. The number of ether oxygens (including phenoxy) is 1.